The molecule has 0 bridgehead atoms. The van der Waals surface area contributed by atoms with Gasteiger partial charge in [-0.15, -0.1) is 12.4 Å². The largest absolute Gasteiger partial charge is 0.490 e. The quantitative estimate of drug-likeness (QED) is 0.209. The molecule has 4 saturated heterocycles. The van der Waals surface area contributed by atoms with Crippen LogP contribution >= 0.6 is 12.4 Å². The van der Waals surface area contributed by atoms with Crippen LogP contribution in [-0.2, 0) is 14.2 Å². The summed E-state index contributed by atoms with van der Waals surface area (Å²) in [4.78, 5) is 14.2. The Kier molecular flexibility index (Phi) is 15.5. The number of nitrogens with zero attached hydrogens (tertiary/aromatic N) is 1. The third kappa shape index (κ3) is 11.1. The molecule has 8 nitrogen and oxygen atoms in total. The molecule has 4 aromatic carbocycles. The van der Waals surface area contributed by atoms with Crippen molar-refractivity contribution in [2.24, 2.45) is 0 Å². The Balaban J connectivity index is 0.000000210. The maximum absolute atomic E-state index is 12.4. The average Bonchev–Trinajstić information content (AvgIpc) is 3.19. The third-order valence-corrected chi connectivity index (χ3v) is 11.1. The first kappa shape index (κ1) is 42.6. The monoisotopic (exact) mass is 774 g/mol. The Bertz CT molecular complexity index is 1800. The lowest BCUT2D eigenvalue weighted by Crippen LogP contribution is -2.41. The third-order valence-electron chi connectivity index (χ3n) is 11.1. The van der Waals surface area contributed by atoms with E-state index in [4.69, 9.17) is 23.7 Å². The lowest BCUT2D eigenvalue weighted by molar-refractivity contribution is 0.0204. The van der Waals surface area contributed by atoms with Crippen LogP contribution in [0, 0.1) is 0 Å². The number of rotatable bonds is 6. The number of benzene rings is 4. The molecule has 4 aliphatic rings. The molecular weight excluding hydrogens is 712 g/mol. The molecule has 8 rings (SSSR count). The first-order valence-electron chi connectivity index (χ1n) is 20.0. The van der Waals surface area contributed by atoms with Crippen LogP contribution < -0.4 is 14.8 Å². The number of hydrogen-bond donors (Lipinski definition) is 1. The van der Waals surface area contributed by atoms with Crippen molar-refractivity contribution in [2.45, 2.75) is 109 Å². The van der Waals surface area contributed by atoms with Crippen molar-refractivity contribution in [1.82, 2.24) is 10.2 Å². The second kappa shape index (κ2) is 20.0. The molecule has 1 amide bonds. The Morgan fingerprint density at radius 3 is 1.47 bits per heavy atom. The van der Waals surface area contributed by atoms with Crippen LogP contribution in [0.25, 0.3) is 21.5 Å². The highest BCUT2D eigenvalue weighted by Crippen LogP contribution is 2.39. The standard InChI is InChI=1S/C25H33NO4.C20H25NO2.CH4.ClH/c1-25(2,3)30-24(27)26-14-10-18(11-15-26)20-8-9-23(22-7-5-4-6-21(20)22)29-19-12-16-28-17-13-19;1-2-4-19-18(3-1)17(15-7-11-21-12-8-15)5-6-20(19)23-16-9-13-22-14-10-16;;/h4-9,18-19H,10-17H2,1-3H3;1-6,15-16,21H,7-14H2;1H4;1H. The molecule has 0 aliphatic carbocycles. The Labute approximate surface area is 335 Å². The van der Waals surface area contributed by atoms with Crippen LogP contribution in [0.4, 0.5) is 4.79 Å². The van der Waals surface area contributed by atoms with Gasteiger partial charge in [0.1, 0.15) is 29.3 Å². The minimum atomic E-state index is -0.454. The van der Waals surface area contributed by atoms with E-state index in [1.54, 1.807) is 0 Å². The number of carbonyl (C=O) groups excluding carboxylic acids is 1. The molecule has 55 heavy (non-hydrogen) atoms. The fourth-order valence-corrected chi connectivity index (χ4v) is 8.29. The predicted molar refractivity (Wildman–Crippen MR) is 225 cm³/mol. The summed E-state index contributed by atoms with van der Waals surface area (Å²) >= 11 is 0. The predicted octanol–water partition coefficient (Wildman–Crippen LogP) is 10.4. The molecule has 0 atom stereocenters. The van der Waals surface area contributed by atoms with E-state index in [1.807, 2.05) is 25.7 Å². The minimum Gasteiger partial charge on any atom is -0.490 e. The number of piperidine rings is 2. The van der Waals surface area contributed by atoms with Gasteiger partial charge in [-0.25, -0.2) is 4.79 Å². The van der Waals surface area contributed by atoms with Crippen molar-refractivity contribution < 1.29 is 28.5 Å². The van der Waals surface area contributed by atoms with E-state index in [-0.39, 0.29) is 38.1 Å². The van der Waals surface area contributed by atoms with Crippen molar-refractivity contribution >= 4 is 40.0 Å². The summed E-state index contributed by atoms with van der Waals surface area (Å²) in [6.45, 7) is 12.6. The minimum absolute atomic E-state index is 0. The topological polar surface area (TPSA) is 78.5 Å². The van der Waals surface area contributed by atoms with Crippen molar-refractivity contribution in [3.05, 3.63) is 83.9 Å². The molecule has 300 valence electrons. The van der Waals surface area contributed by atoms with Crippen LogP contribution in [0.2, 0.25) is 0 Å². The van der Waals surface area contributed by atoms with Gasteiger partial charge in [0, 0.05) is 49.5 Å². The maximum atomic E-state index is 12.4. The maximum Gasteiger partial charge on any atom is 0.410 e. The molecule has 0 spiro atoms. The lowest BCUT2D eigenvalue weighted by Gasteiger charge is -2.34. The van der Waals surface area contributed by atoms with Crippen LogP contribution in [0.3, 0.4) is 0 Å². The van der Waals surface area contributed by atoms with E-state index in [0.29, 0.717) is 11.8 Å². The fraction of sp³-hybridized carbons (Fsp3) is 0.543. The number of hydrogen-bond acceptors (Lipinski definition) is 7. The van der Waals surface area contributed by atoms with Crippen LogP contribution in [0.5, 0.6) is 11.5 Å². The first-order valence-corrected chi connectivity index (χ1v) is 20.0. The van der Waals surface area contributed by atoms with Gasteiger partial charge in [0.2, 0.25) is 0 Å². The van der Waals surface area contributed by atoms with Gasteiger partial charge >= 0.3 is 6.09 Å². The lowest BCUT2D eigenvalue weighted by atomic mass is 9.86. The summed E-state index contributed by atoms with van der Waals surface area (Å²) in [6.07, 6.45) is 8.53. The summed E-state index contributed by atoms with van der Waals surface area (Å²) < 4.78 is 29.1. The fourth-order valence-electron chi connectivity index (χ4n) is 8.29. The molecule has 0 radical (unpaired) electrons. The Morgan fingerprint density at radius 2 is 1.04 bits per heavy atom. The van der Waals surface area contributed by atoms with Crippen LogP contribution in [0.15, 0.2) is 72.8 Å². The SMILES string of the molecule is C.CC(C)(C)OC(=O)N1CCC(c2ccc(OC3CCOCC3)c3ccccc23)CC1.Cl.c1ccc2c(C3CCNCC3)ccc(OC3CCOCC3)c2c1. The second-order valence-corrected chi connectivity index (χ2v) is 16.0. The highest BCUT2D eigenvalue weighted by Gasteiger charge is 2.29. The Morgan fingerprint density at radius 1 is 0.618 bits per heavy atom. The van der Waals surface area contributed by atoms with E-state index in [0.717, 1.165) is 103 Å². The molecule has 0 aromatic heterocycles. The molecule has 0 saturated carbocycles. The van der Waals surface area contributed by atoms with Gasteiger partial charge in [0.25, 0.3) is 0 Å². The summed E-state index contributed by atoms with van der Waals surface area (Å²) in [5, 5.41) is 8.52. The molecule has 4 fully saturated rings. The molecule has 1 N–H and O–H groups in total. The number of likely N-dealkylation sites (tertiary alicyclic amines) is 1. The van der Waals surface area contributed by atoms with Gasteiger partial charge in [-0.2, -0.15) is 0 Å². The zero-order valence-electron chi connectivity index (χ0n) is 32.4. The van der Waals surface area contributed by atoms with E-state index in [2.05, 4.69) is 78.1 Å². The van der Waals surface area contributed by atoms with Crippen molar-refractivity contribution in [2.75, 3.05) is 52.6 Å². The number of amides is 1. The van der Waals surface area contributed by atoms with Gasteiger partial charge in [0.05, 0.1) is 26.4 Å². The summed E-state index contributed by atoms with van der Waals surface area (Å²) in [7, 11) is 0. The van der Waals surface area contributed by atoms with E-state index in [9.17, 15) is 4.79 Å². The van der Waals surface area contributed by atoms with Gasteiger partial charge in [0.15, 0.2) is 0 Å². The number of halogens is 1. The summed E-state index contributed by atoms with van der Waals surface area (Å²) in [6, 6.07) is 26.1. The number of fused-ring (bicyclic) bond motifs is 2. The van der Waals surface area contributed by atoms with Gasteiger partial charge in [-0.05, 0) is 105 Å². The van der Waals surface area contributed by atoms with Crippen LogP contribution in [0.1, 0.15) is 103 Å². The highest BCUT2D eigenvalue weighted by molar-refractivity contribution is 5.92. The zero-order valence-corrected chi connectivity index (χ0v) is 33.2. The van der Waals surface area contributed by atoms with Gasteiger partial charge < -0.3 is 33.9 Å². The Hall–Kier alpha value is -3.56. The van der Waals surface area contributed by atoms with E-state index >= 15 is 0 Å². The molecular formula is C46H63ClN2O6. The van der Waals surface area contributed by atoms with Crippen molar-refractivity contribution in [3.63, 3.8) is 0 Å². The second-order valence-electron chi connectivity index (χ2n) is 16.0. The smallest absolute Gasteiger partial charge is 0.410 e. The highest BCUT2D eigenvalue weighted by atomic mass is 35.5. The van der Waals surface area contributed by atoms with Crippen LogP contribution in [-0.4, -0.2) is 81.4 Å². The average molecular weight is 775 g/mol. The molecule has 0 unspecified atom stereocenters. The molecule has 9 heteroatoms. The normalized spacial score (nSPS) is 19.1. The summed E-state index contributed by atoms with van der Waals surface area (Å²) in [5.41, 5.74) is 2.39. The van der Waals surface area contributed by atoms with Crippen molar-refractivity contribution in [3.8, 4) is 11.5 Å². The zero-order chi connectivity index (χ0) is 36.6. The van der Waals surface area contributed by atoms with Gasteiger partial charge in [-0.3, -0.25) is 0 Å². The van der Waals surface area contributed by atoms with E-state index in [1.165, 1.54) is 45.5 Å². The molecule has 4 heterocycles. The first-order chi connectivity index (χ1) is 25.8. The number of nitrogens with one attached hydrogen (secondary N) is 1. The number of carbonyl (C=O) groups is 1. The van der Waals surface area contributed by atoms with Crippen molar-refractivity contribution in [1.29, 1.82) is 0 Å². The number of ether oxygens (including phenoxy) is 5. The molecule has 4 aromatic rings. The van der Waals surface area contributed by atoms with Gasteiger partial charge in [-0.1, -0.05) is 68.1 Å². The van der Waals surface area contributed by atoms with E-state index < -0.39 is 5.60 Å². The molecule has 4 aliphatic heterocycles. The summed E-state index contributed by atoms with van der Waals surface area (Å²) in [5.74, 6) is 3.10.